The molecule has 1 aromatic rings. The first-order valence-corrected chi connectivity index (χ1v) is 9.76. The van der Waals surface area contributed by atoms with Gasteiger partial charge in [0.15, 0.2) is 5.96 Å². The van der Waals surface area contributed by atoms with Crippen LogP contribution in [0.15, 0.2) is 20.9 Å². The standard InChI is InChI=1S/C16H27BrN4OS/c1-4-18-15(19-10-14-9-13(17)11-23-14)20-12-16(2,3)21-5-7-22-8-6-21/h9,11H,4-8,10,12H2,1-3H3,(H2,18,19,20). The van der Waals surface area contributed by atoms with Crippen LogP contribution < -0.4 is 10.6 Å². The van der Waals surface area contributed by atoms with Crippen LogP contribution in [0.5, 0.6) is 0 Å². The van der Waals surface area contributed by atoms with Crippen molar-refractivity contribution in [2.75, 3.05) is 39.4 Å². The first-order valence-electron chi connectivity index (χ1n) is 8.09. The van der Waals surface area contributed by atoms with Crippen molar-refractivity contribution in [3.05, 3.63) is 20.8 Å². The van der Waals surface area contributed by atoms with Crippen LogP contribution in [-0.2, 0) is 11.3 Å². The van der Waals surface area contributed by atoms with E-state index in [1.165, 1.54) is 4.88 Å². The Morgan fingerprint density at radius 3 is 2.74 bits per heavy atom. The Kier molecular flexibility index (Phi) is 7.33. The second-order valence-electron chi connectivity index (χ2n) is 6.19. The van der Waals surface area contributed by atoms with Gasteiger partial charge in [0.1, 0.15) is 0 Å². The van der Waals surface area contributed by atoms with Crippen molar-refractivity contribution in [1.82, 2.24) is 15.5 Å². The van der Waals surface area contributed by atoms with Gasteiger partial charge in [-0.25, -0.2) is 4.99 Å². The van der Waals surface area contributed by atoms with Gasteiger partial charge in [-0.3, -0.25) is 4.90 Å². The maximum absolute atomic E-state index is 5.45. The Hall–Kier alpha value is -0.630. The lowest BCUT2D eigenvalue weighted by atomic mass is 10.0. The molecule has 2 rings (SSSR count). The van der Waals surface area contributed by atoms with Crippen molar-refractivity contribution < 1.29 is 4.74 Å². The monoisotopic (exact) mass is 402 g/mol. The Bertz CT molecular complexity index is 512. The van der Waals surface area contributed by atoms with Gasteiger partial charge in [-0.2, -0.15) is 0 Å². The SMILES string of the molecule is CCNC(=NCc1cc(Br)cs1)NCC(C)(C)N1CCOCC1. The highest BCUT2D eigenvalue weighted by atomic mass is 79.9. The Balaban J connectivity index is 1.90. The number of nitrogens with zero attached hydrogens (tertiary/aromatic N) is 2. The molecule has 0 atom stereocenters. The van der Waals surface area contributed by atoms with Crippen LogP contribution in [0.25, 0.3) is 0 Å². The van der Waals surface area contributed by atoms with E-state index in [1.54, 1.807) is 11.3 Å². The summed E-state index contributed by atoms with van der Waals surface area (Å²) in [5, 5.41) is 8.90. The van der Waals surface area contributed by atoms with E-state index in [2.05, 4.69) is 68.7 Å². The highest BCUT2D eigenvalue weighted by Crippen LogP contribution is 2.20. The van der Waals surface area contributed by atoms with Crippen LogP contribution >= 0.6 is 27.3 Å². The molecule has 0 radical (unpaired) electrons. The number of halogens is 1. The van der Waals surface area contributed by atoms with Crippen molar-refractivity contribution in [2.45, 2.75) is 32.9 Å². The highest BCUT2D eigenvalue weighted by molar-refractivity contribution is 9.10. The van der Waals surface area contributed by atoms with Crippen LogP contribution in [0.3, 0.4) is 0 Å². The molecule has 5 nitrogen and oxygen atoms in total. The van der Waals surface area contributed by atoms with E-state index in [9.17, 15) is 0 Å². The lowest BCUT2D eigenvalue weighted by Crippen LogP contribution is -2.56. The first kappa shape index (κ1) is 18.7. The number of hydrogen-bond acceptors (Lipinski definition) is 4. The van der Waals surface area contributed by atoms with Gasteiger partial charge in [0.05, 0.1) is 19.8 Å². The normalized spacial score (nSPS) is 17.3. The summed E-state index contributed by atoms with van der Waals surface area (Å²) in [6.07, 6.45) is 0. The highest BCUT2D eigenvalue weighted by Gasteiger charge is 2.28. The Morgan fingerprint density at radius 2 is 2.13 bits per heavy atom. The lowest BCUT2D eigenvalue weighted by Gasteiger charge is -2.41. The maximum atomic E-state index is 5.45. The van der Waals surface area contributed by atoms with E-state index in [0.717, 1.165) is 49.8 Å². The van der Waals surface area contributed by atoms with E-state index < -0.39 is 0 Å². The minimum atomic E-state index is 0.0753. The molecule has 130 valence electrons. The molecule has 1 fully saturated rings. The number of nitrogens with one attached hydrogen (secondary N) is 2. The number of hydrogen-bond donors (Lipinski definition) is 2. The molecule has 0 bridgehead atoms. The molecule has 2 heterocycles. The summed E-state index contributed by atoms with van der Waals surface area (Å²) in [7, 11) is 0. The molecule has 1 aromatic heterocycles. The minimum absolute atomic E-state index is 0.0753. The third kappa shape index (κ3) is 6.06. The number of morpholine rings is 1. The number of guanidine groups is 1. The molecule has 1 aliphatic heterocycles. The predicted octanol–water partition coefficient (Wildman–Crippen LogP) is 2.68. The van der Waals surface area contributed by atoms with Crippen molar-refractivity contribution in [3.63, 3.8) is 0 Å². The number of aliphatic imine (C=N–C) groups is 1. The average Bonchev–Trinajstić information content (AvgIpc) is 2.96. The fourth-order valence-electron chi connectivity index (χ4n) is 2.52. The number of rotatable bonds is 6. The molecule has 0 unspecified atom stereocenters. The van der Waals surface area contributed by atoms with Crippen molar-refractivity contribution in [2.24, 2.45) is 4.99 Å². The van der Waals surface area contributed by atoms with Crippen molar-refractivity contribution in [3.8, 4) is 0 Å². The fraction of sp³-hybridized carbons (Fsp3) is 0.688. The van der Waals surface area contributed by atoms with Gasteiger partial charge >= 0.3 is 0 Å². The molecule has 0 aliphatic carbocycles. The van der Waals surface area contributed by atoms with Crippen molar-refractivity contribution in [1.29, 1.82) is 0 Å². The summed E-state index contributed by atoms with van der Waals surface area (Å²) < 4.78 is 6.57. The van der Waals surface area contributed by atoms with Gasteiger partial charge < -0.3 is 15.4 Å². The third-order valence-corrected chi connectivity index (χ3v) is 5.60. The minimum Gasteiger partial charge on any atom is -0.379 e. The van der Waals surface area contributed by atoms with Crippen LogP contribution in [-0.4, -0.2) is 55.8 Å². The van der Waals surface area contributed by atoms with Gasteiger partial charge in [0, 0.05) is 46.4 Å². The summed E-state index contributed by atoms with van der Waals surface area (Å²) in [6, 6.07) is 2.12. The summed E-state index contributed by atoms with van der Waals surface area (Å²) in [6.45, 7) is 12.7. The Labute approximate surface area is 151 Å². The molecule has 23 heavy (non-hydrogen) atoms. The quantitative estimate of drug-likeness (QED) is 0.567. The topological polar surface area (TPSA) is 48.9 Å². The molecule has 0 aromatic carbocycles. The van der Waals surface area contributed by atoms with E-state index in [-0.39, 0.29) is 5.54 Å². The molecular weight excluding hydrogens is 376 g/mol. The fourth-order valence-corrected chi connectivity index (χ4v) is 3.89. The van der Waals surface area contributed by atoms with Gasteiger partial charge in [-0.15, -0.1) is 11.3 Å². The van der Waals surface area contributed by atoms with Gasteiger partial charge in [0.2, 0.25) is 0 Å². The summed E-state index contributed by atoms with van der Waals surface area (Å²) >= 11 is 5.21. The Morgan fingerprint density at radius 1 is 1.39 bits per heavy atom. The van der Waals surface area contributed by atoms with Crippen LogP contribution in [0, 0.1) is 0 Å². The van der Waals surface area contributed by atoms with E-state index >= 15 is 0 Å². The van der Waals surface area contributed by atoms with Crippen molar-refractivity contribution >= 4 is 33.2 Å². The van der Waals surface area contributed by atoms with Gasteiger partial charge in [-0.1, -0.05) is 0 Å². The van der Waals surface area contributed by atoms with Gasteiger partial charge in [0.25, 0.3) is 0 Å². The molecule has 1 saturated heterocycles. The number of ether oxygens (including phenoxy) is 1. The summed E-state index contributed by atoms with van der Waals surface area (Å²) in [5.74, 6) is 0.873. The zero-order valence-corrected chi connectivity index (χ0v) is 16.6. The number of thiophene rings is 1. The molecule has 2 N–H and O–H groups in total. The summed E-state index contributed by atoms with van der Waals surface area (Å²) in [4.78, 5) is 8.41. The molecule has 0 amide bonds. The smallest absolute Gasteiger partial charge is 0.191 e. The largest absolute Gasteiger partial charge is 0.379 e. The van der Waals surface area contributed by atoms with Crippen LogP contribution in [0.1, 0.15) is 25.6 Å². The van der Waals surface area contributed by atoms with Crippen LogP contribution in [0.4, 0.5) is 0 Å². The predicted molar refractivity (Wildman–Crippen MR) is 101 cm³/mol. The maximum Gasteiger partial charge on any atom is 0.191 e. The first-order chi connectivity index (χ1) is 11.0. The second-order valence-corrected chi connectivity index (χ2v) is 8.10. The molecular formula is C16H27BrN4OS. The van der Waals surface area contributed by atoms with E-state index in [1.807, 2.05) is 0 Å². The zero-order valence-electron chi connectivity index (χ0n) is 14.2. The van der Waals surface area contributed by atoms with Crippen LogP contribution in [0.2, 0.25) is 0 Å². The van der Waals surface area contributed by atoms with Gasteiger partial charge in [-0.05, 0) is 42.8 Å². The zero-order chi connectivity index (χ0) is 16.7. The second kappa shape index (κ2) is 9.01. The lowest BCUT2D eigenvalue weighted by molar-refractivity contribution is -0.00834. The van der Waals surface area contributed by atoms with E-state index in [4.69, 9.17) is 4.74 Å². The molecule has 7 heteroatoms. The summed E-state index contributed by atoms with van der Waals surface area (Å²) in [5.41, 5.74) is 0.0753. The third-order valence-electron chi connectivity index (χ3n) is 3.91. The average molecular weight is 403 g/mol. The molecule has 0 saturated carbocycles. The van der Waals surface area contributed by atoms with E-state index in [0.29, 0.717) is 6.54 Å². The molecule has 0 spiro atoms. The molecule has 1 aliphatic rings.